The molecule has 0 aromatic heterocycles. The van der Waals surface area contributed by atoms with E-state index in [1.165, 1.54) is 0 Å². The molecule has 0 amide bonds. The third kappa shape index (κ3) is 2.65. The van der Waals surface area contributed by atoms with Crippen LogP contribution >= 0.6 is 11.6 Å². The second-order valence-electron chi connectivity index (χ2n) is 6.36. The molecule has 2 aromatic rings. The van der Waals surface area contributed by atoms with E-state index in [0.29, 0.717) is 10.6 Å². The van der Waals surface area contributed by atoms with E-state index in [-0.39, 0.29) is 4.90 Å². The van der Waals surface area contributed by atoms with Crippen LogP contribution in [0.5, 0.6) is 0 Å². The van der Waals surface area contributed by atoms with E-state index in [0.717, 1.165) is 5.56 Å². The molecular weight excluding hydrogens is 348 g/mol. The Balaban J connectivity index is 2.06. The van der Waals surface area contributed by atoms with Gasteiger partial charge in [-0.3, -0.25) is 0 Å². The maximum Gasteiger partial charge on any atom is 0.182 e. The van der Waals surface area contributed by atoms with Crippen molar-refractivity contribution < 1.29 is 18.6 Å². The minimum atomic E-state index is -3.69. The summed E-state index contributed by atoms with van der Waals surface area (Å²) in [6.45, 7) is 1.07. The number of aryl methyl sites for hydroxylation is 1. The average molecular weight is 367 g/mol. The van der Waals surface area contributed by atoms with Crippen LogP contribution < -0.4 is 0 Å². The van der Waals surface area contributed by atoms with Gasteiger partial charge in [-0.15, -0.1) is 0 Å². The SMILES string of the molecule is Cc1ccc(S(=O)(=O)C2C(c3cccc(Cl)c3)C2(CO)CO)cc1. The predicted octanol–water partition coefficient (Wildman–Crippen LogP) is 2.56. The van der Waals surface area contributed by atoms with Crippen LogP contribution in [0.15, 0.2) is 53.4 Å². The van der Waals surface area contributed by atoms with Crippen LogP contribution in [0.4, 0.5) is 0 Å². The molecule has 3 rings (SSSR count). The van der Waals surface area contributed by atoms with E-state index in [9.17, 15) is 18.6 Å². The van der Waals surface area contributed by atoms with Crippen molar-refractivity contribution in [3.63, 3.8) is 0 Å². The van der Waals surface area contributed by atoms with Crippen molar-refractivity contribution >= 4 is 21.4 Å². The minimum Gasteiger partial charge on any atom is -0.396 e. The van der Waals surface area contributed by atoms with E-state index in [4.69, 9.17) is 11.6 Å². The summed E-state index contributed by atoms with van der Waals surface area (Å²) in [4.78, 5) is 0.203. The van der Waals surface area contributed by atoms with Gasteiger partial charge in [0.2, 0.25) is 0 Å². The number of aliphatic hydroxyl groups is 2. The maximum atomic E-state index is 13.1. The van der Waals surface area contributed by atoms with Gasteiger partial charge in [-0.2, -0.15) is 0 Å². The highest BCUT2D eigenvalue weighted by Crippen LogP contribution is 2.63. The summed E-state index contributed by atoms with van der Waals surface area (Å²) in [6, 6.07) is 13.5. The van der Waals surface area contributed by atoms with E-state index in [1.807, 2.05) is 6.92 Å². The van der Waals surface area contributed by atoms with Crippen LogP contribution in [-0.2, 0) is 9.84 Å². The Morgan fingerprint density at radius 2 is 1.71 bits per heavy atom. The molecule has 24 heavy (non-hydrogen) atoms. The molecule has 1 aliphatic carbocycles. The summed E-state index contributed by atoms with van der Waals surface area (Å²) < 4.78 is 26.1. The second kappa shape index (κ2) is 6.15. The first-order valence-corrected chi connectivity index (χ1v) is 9.57. The number of rotatable bonds is 5. The van der Waals surface area contributed by atoms with Crippen LogP contribution in [0.3, 0.4) is 0 Å². The number of halogens is 1. The zero-order valence-corrected chi connectivity index (χ0v) is 14.8. The van der Waals surface area contributed by atoms with Crippen molar-refractivity contribution in [3.8, 4) is 0 Å². The monoisotopic (exact) mass is 366 g/mol. The molecule has 0 saturated heterocycles. The summed E-state index contributed by atoms with van der Waals surface area (Å²) in [5.74, 6) is -0.488. The third-order valence-electron chi connectivity index (χ3n) is 4.86. The Bertz CT molecular complexity index is 842. The van der Waals surface area contributed by atoms with Gasteiger partial charge in [0.15, 0.2) is 9.84 Å². The summed E-state index contributed by atoms with van der Waals surface area (Å²) in [6.07, 6.45) is 0. The molecule has 0 heterocycles. The van der Waals surface area contributed by atoms with Crippen molar-refractivity contribution in [3.05, 3.63) is 64.7 Å². The van der Waals surface area contributed by atoms with Gasteiger partial charge in [0.05, 0.1) is 23.4 Å². The van der Waals surface area contributed by atoms with E-state index >= 15 is 0 Å². The highest BCUT2D eigenvalue weighted by molar-refractivity contribution is 7.92. The first-order chi connectivity index (χ1) is 11.4. The first-order valence-electron chi connectivity index (χ1n) is 7.64. The summed E-state index contributed by atoms with van der Waals surface area (Å²) >= 11 is 6.02. The lowest BCUT2D eigenvalue weighted by atomic mass is 10.0. The standard InChI is InChI=1S/C18H19ClO4S/c1-12-5-7-15(8-6-12)24(22,23)17-16(18(17,10-20)11-21)13-3-2-4-14(19)9-13/h2-9,16-17,20-21H,10-11H2,1H3. The number of hydrogen-bond acceptors (Lipinski definition) is 4. The van der Waals surface area contributed by atoms with Gasteiger partial charge in [0.1, 0.15) is 0 Å². The summed E-state index contributed by atoms with van der Waals surface area (Å²) in [5, 5.41) is 19.3. The van der Waals surface area contributed by atoms with Gasteiger partial charge in [-0.25, -0.2) is 8.42 Å². The fourth-order valence-corrected chi connectivity index (χ4v) is 6.08. The van der Waals surface area contributed by atoms with Crippen molar-refractivity contribution in [1.82, 2.24) is 0 Å². The molecule has 0 radical (unpaired) electrons. The van der Waals surface area contributed by atoms with Gasteiger partial charge >= 0.3 is 0 Å². The molecule has 0 bridgehead atoms. The van der Waals surface area contributed by atoms with Crippen LogP contribution in [0, 0.1) is 12.3 Å². The smallest absolute Gasteiger partial charge is 0.182 e. The van der Waals surface area contributed by atoms with E-state index in [2.05, 4.69) is 0 Å². The lowest BCUT2D eigenvalue weighted by Gasteiger charge is -2.11. The molecular formula is C18H19ClO4S. The molecule has 0 spiro atoms. The molecule has 1 saturated carbocycles. The number of benzene rings is 2. The summed E-state index contributed by atoms with van der Waals surface area (Å²) in [7, 11) is -3.69. The van der Waals surface area contributed by atoms with Gasteiger partial charge in [-0.1, -0.05) is 41.4 Å². The lowest BCUT2D eigenvalue weighted by molar-refractivity contribution is 0.130. The average Bonchev–Trinajstić information content (AvgIpc) is 3.26. The fraction of sp³-hybridized carbons (Fsp3) is 0.333. The van der Waals surface area contributed by atoms with Crippen molar-refractivity contribution in [2.24, 2.45) is 5.41 Å². The topological polar surface area (TPSA) is 74.6 Å². The van der Waals surface area contributed by atoms with E-state index < -0.39 is 39.6 Å². The second-order valence-corrected chi connectivity index (χ2v) is 8.87. The predicted molar refractivity (Wildman–Crippen MR) is 93.0 cm³/mol. The normalized spacial score (nSPS) is 22.3. The number of hydrogen-bond donors (Lipinski definition) is 2. The number of sulfone groups is 1. The van der Waals surface area contributed by atoms with Crippen LogP contribution in [0.25, 0.3) is 0 Å². The Labute approximate surface area is 146 Å². The zero-order valence-electron chi connectivity index (χ0n) is 13.2. The van der Waals surface area contributed by atoms with Gasteiger partial charge in [0.25, 0.3) is 0 Å². The summed E-state index contributed by atoms with van der Waals surface area (Å²) in [5.41, 5.74) is 0.590. The zero-order chi connectivity index (χ0) is 17.5. The molecule has 2 aromatic carbocycles. The fourth-order valence-electron chi connectivity index (χ4n) is 3.45. The quantitative estimate of drug-likeness (QED) is 0.852. The molecule has 1 fully saturated rings. The Morgan fingerprint density at radius 3 is 2.25 bits per heavy atom. The van der Waals surface area contributed by atoms with Gasteiger partial charge in [0, 0.05) is 16.4 Å². The Morgan fingerprint density at radius 1 is 1.08 bits per heavy atom. The molecule has 2 unspecified atom stereocenters. The minimum absolute atomic E-state index is 0.203. The molecule has 6 heteroatoms. The van der Waals surface area contributed by atoms with Crippen molar-refractivity contribution in [1.29, 1.82) is 0 Å². The largest absolute Gasteiger partial charge is 0.396 e. The highest BCUT2D eigenvalue weighted by Gasteiger charge is 2.70. The van der Waals surface area contributed by atoms with Gasteiger partial charge in [-0.05, 0) is 36.8 Å². The lowest BCUT2D eigenvalue weighted by Crippen LogP contribution is -2.23. The van der Waals surface area contributed by atoms with Crippen LogP contribution in [0.1, 0.15) is 17.0 Å². The maximum absolute atomic E-state index is 13.1. The molecule has 2 N–H and O–H groups in total. The van der Waals surface area contributed by atoms with Crippen LogP contribution in [-0.4, -0.2) is 37.1 Å². The van der Waals surface area contributed by atoms with Crippen molar-refractivity contribution in [2.45, 2.75) is 23.0 Å². The Kier molecular flexibility index (Phi) is 4.47. The third-order valence-corrected chi connectivity index (χ3v) is 7.43. The van der Waals surface area contributed by atoms with Gasteiger partial charge < -0.3 is 10.2 Å². The van der Waals surface area contributed by atoms with Crippen LogP contribution in [0.2, 0.25) is 5.02 Å². The molecule has 128 valence electrons. The molecule has 4 nitrogen and oxygen atoms in total. The van der Waals surface area contributed by atoms with Crippen molar-refractivity contribution in [2.75, 3.05) is 13.2 Å². The Hall–Kier alpha value is -1.40. The molecule has 1 aliphatic rings. The molecule has 2 atom stereocenters. The van der Waals surface area contributed by atoms with E-state index in [1.54, 1.807) is 48.5 Å². The number of aliphatic hydroxyl groups excluding tert-OH is 2. The first kappa shape index (κ1) is 17.4. The molecule has 0 aliphatic heterocycles. The highest BCUT2D eigenvalue weighted by atomic mass is 35.5.